The van der Waals surface area contributed by atoms with Crippen LogP contribution in [0.4, 0.5) is 5.69 Å². The number of carboxylic acids is 1. The first-order valence-electron chi connectivity index (χ1n) is 14.8. The number of aliphatic hydroxyl groups is 1. The molecule has 2 heterocycles. The summed E-state index contributed by atoms with van der Waals surface area (Å²) in [4.78, 5) is 14.3. The van der Waals surface area contributed by atoms with Crippen molar-refractivity contribution in [2.75, 3.05) is 37.8 Å². The predicted octanol–water partition coefficient (Wildman–Crippen LogP) is 5.48. The maximum atomic E-state index is 11.9. The normalized spacial score (nSPS) is 30.4. The van der Waals surface area contributed by atoms with Gasteiger partial charge in [0.15, 0.2) is 0 Å². The van der Waals surface area contributed by atoms with Gasteiger partial charge in [-0.2, -0.15) is 0 Å². The van der Waals surface area contributed by atoms with Gasteiger partial charge in [-0.25, -0.2) is 4.79 Å². The van der Waals surface area contributed by atoms with Crippen LogP contribution in [-0.2, 0) is 21.3 Å². The maximum Gasteiger partial charge on any atom is 0.335 e. The van der Waals surface area contributed by atoms with Gasteiger partial charge in [-0.1, -0.05) is 17.7 Å². The summed E-state index contributed by atoms with van der Waals surface area (Å²) in [7, 11) is 0. The molecule has 2 fully saturated rings. The molecular formula is C32H40ClNO6. The lowest BCUT2D eigenvalue weighted by atomic mass is 9.67. The Morgan fingerprint density at radius 3 is 2.88 bits per heavy atom. The monoisotopic (exact) mass is 569 g/mol. The number of rotatable bonds is 7. The second-order valence-corrected chi connectivity index (χ2v) is 12.7. The molecule has 0 aromatic heterocycles. The molecule has 0 radical (unpaired) electrons. The molecule has 216 valence electrons. The van der Waals surface area contributed by atoms with Crippen LogP contribution in [0.15, 0.2) is 36.4 Å². The second kappa shape index (κ2) is 11.5. The van der Waals surface area contributed by atoms with Crippen molar-refractivity contribution in [1.29, 1.82) is 0 Å². The summed E-state index contributed by atoms with van der Waals surface area (Å²) < 4.78 is 18.9. The number of carboxylic acid groups (broad SMARTS) is 1. The van der Waals surface area contributed by atoms with E-state index >= 15 is 0 Å². The third-order valence-electron chi connectivity index (χ3n) is 9.64. The Morgan fingerprint density at radius 1 is 1.23 bits per heavy atom. The molecule has 2 aliphatic carbocycles. The average Bonchev–Trinajstić information content (AvgIpc) is 3.08. The highest BCUT2D eigenvalue weighted by molar-refractivity contribution is 6.30. The highest BCUT2D eigenvalue weighted by Crippen LogP contribution is 2.47. The van der Waals surface area contributed by atoms with Crippen molar-refractivity contribution in [2.24, 2.45) is 11.8 Å². The Balaban J connectivity index is 1.28. The Labute approximate surface area is 241 Å². The zero-order valence-corrected chi connectivity index (χ0v) is 23.9. The van der Waals surface area contributed by atoms with Crippen molar-refractivity contribution in [1.82, 2.24) is 0 Å². The SMILES string of the molecule is CC(CO)O[C@H]1CCO[C@@H]([C@@H]2CC[C@H]2CN2CC3(CCCc4cc(Cl)ccc43)COc3ccc(C(=O)O)cc32)C1. The number of carbonyl (C=O) groups is 1. The summed E-state index contributed by atoms with van der Waals surface area (Å²) >= 11 is 6.39. The fourth-order valence-electron chi connectivity index (χ4n) is 7.43. The fraction of sp³-hybridized carbons (Fsp3) is 0.594. The van der Waals surface area contributed by atoms with Crippen LogP contribution in [0.25, 0.3) is 0 Å². The molecule has 1 saturated carbocycles. The Morgan fingerprint density at radius 2 is 2.10 bits per heavy atom. The largest absolute Gasteiger partial charge is 0.490 e. The zero-order valence-electron chi connectivity index (χ0n) is 23.2. The van der Waals surface area contributed by atoms with Gasteiger partial charge in [0, 0.05) is 36.6 Å². The first-order valence-corrected chi connectivity index (χ1v) is 15.1. The van der Waals surface area contributed by atoms with Crippen LogP contribution in [0.5, 0.6) is 5.75 Å². The van der Waals surface area contributed by atoms with E-state index in [1.807, 2.05) is 19.1 Å². The highest BCUT2D eigenvalue weighted by atomic mass is 35.5. The van der Waals surface area contributed by atoms with Gasteiger partial charge < -0.3 is 29.3 Å². The molecule has 1 spiro atoms. The minimum Gasteiger partial charge on any atom is -0.490 e. The Kier molecular flexibility index (Phi) is 8.01. The molecule has 8 heteroatoms. The van der Waals surface area contributed by atoms with E-state index in [0.717, 1.165) is 74.5 Å². The molecule has 2 aromatic rings. The minimum absolute atomic E-state index is 0.0277. The van der Waals surface area contributed by atoms with Gasteiger partial charge in [-0.05, 0) is 98.7 Å². The van der Waals surface area contributed by atoms with Crippen molar-refractivity contribution in [2.45, 2.75) is 75.6 Å². The lowest BCUT2D eigenvalue weighted by molar-refractivity contribution is -0.134. The topological polar surface area (TPSA) is 88.5 Å². The van der Waals surface area contributed by atoms with Gasteiger partial charge in [0.1, 0.15) is 5.75 Å². The molecule has 0 amide bonds. The number of fused-ring (bicyclic) bond motifs is 3. The molecule has 2 unspecified atom stereocenters. The quantitative estimate of drug-likeness (QED) is 0.456. The van der Waals surface area contributed by atoms with Gasteiger partial charge in [-0.15, -0.1) is 0 Å². The van der Waals surface area contributed by atoms with Gasteiger partial charge in [0.25, 0.3) is 0 Å². The highest BCUT2D eigenvalue weighted by Gasteiger charge is 2.45. The fourth-order valence-corrected chi connectivity index (χ4v) is 7.63. The van der Waals surface area contributed by atoms with Gasteiger partial charge in [0.2, 0.25) is 0 Å². The molecule has 7 nitrogen and oxygen atoms in total. The lowest BCUT2D eigenvalue weighted by Crippen LogP contribution is -2.51. The molecule has 2 aromatic carbocycles. The molecule has 40 heavy (non-hydrogen) atoms. The van der Waals surface area contributed by atoms with Gasteiger partial charge >= 0.3 is 5.97 Å². The van der Waals surface area contributed by atoms with E-state index in [1.54, 1.807) is 12.1 Å². The summed E-state index contributed by atoms with van der Waals surface area (Å²) in [5.74, 6) is 0.683. The molecule has 2 aliphatic heterocycles. The van der Waals surface area contributed by atoms with Crippen molar-refractivity contribution in [3.8, 4) is 5.75 Å². The van der Waals surface area contributed by atoms with E-state index in [1.165, 1.54) is 11.1 Å². The Hall–Kier alpha value is -2.32. The number of hydrogen-bond donors (Lipinski definition) is 2. The molecule has 6 rings (SSSR count). The number of benzene rings is 2. The molecule has 0 bridgehead atoms. The maximum absolute atomic E-state index is 11.9. The molecule has 1 saturated heterocycles. The summed E-state index contributed by atoms with van der Waals surface area (Å²) in [5, 5.41) is 20.0. The number of anilines is 1. The second-order valence-electron chi connectivity index (χ2n) is 12.3. The van der Waals surface area contributed by atoms with Crippen LogP contribution in [0.3, 0.4) is 0 Å². The van der Waals surface area contributed by atoms with E-state index < -0.39 is 5.97 Å². The van der Waals surface area contributed by atoms with Gasteiger partial charge in [-0.3, -0.25) is 0 Å². The zero-order chi connectivity index (χ0) is 27.9. The number of ether oxygens (including phenoxy) is 3. The van der Waals surface area contributed by atoms with E-state index in [0.29, 0.717) is 25.0 Å². The molecule has 2 N–H and O–H groups in total. The Bertz CT molecular complexity index is 1240. The van der Waals surface area contributed by atoms with Crippen LogP contribution in [0, 0.1) is 11.8 Å². The van der Waals surface area contributed by atoms with Crippen LogP contribution >= 0.6 is 11.6 Å². The molecular weight excluding hydrogens is 530 g/mol. The van der Waals surface area contributed by atoms with Crippen molar-refractivity contribution in [3.05, 3.63) is 58.1 Å². The number of hydrogen-bond acceptors (Lipinski definition) is 6. The number of aliphatic hydroxyl groups excluding tert-OH is 1. The summed E-state index contributed by atoms with van der Waals surface area (Å²) in [6, 6.07) is 11.5. The van der Waals surface area contributed by atoms with Crippen LogP contribution in [0.2, 0.25) is 5.02 Å². The van der Waals surface area contributed by atoms with Crippen molar-refractivity contribution >= 4 is 23.3 Å². The number of aromatic carboxylic acids is 1. The molecule has 6 atom stereocenters. The summed E-state index contributed by atoms with van der Waals surface area (Å²) in [6.07, 6.45) is 7.13. The predicted molar refractivity (Wildman–Crippen MR) is 154 cm³/mol. The van der Waals surface area contributed by atoms with Gasteiger partial charge in [0.05, 0.1) is 42.8 Å². The van der Waals surface area contributed by atoms with Crippen molar-refractivity contribution < 1.29 is 29.2 Å². The number of nitrogens with zero attached hydrogens (tertiary/aromatic N) is 1. The number of halogens is 1. The van der Waals surface area contributed by atoms with Crippen molar-refractivity contribution in [3.63, 3.8) is 0 Å². The van der Waals surface area contributed by atoms with Crippen LogP contribution in [0.1, 0.15) is 66.9 Å². The van der Waals surface area contributed by atoms with E-state index in [-0.39, 0.29) is 35.9 Å². The molecule has 4 aliphatic rings. The average molecular weight is 570 g/mol. The smallest absolute Gasteiger partial charge is 0.335 e. The minimum atomic E-state index is -0.931. The van der Waals surface area contributed by atoms with E-state index in [4.69, 9.17) is 25.8 Å². The summed E-state index contributed by atoms with van der Waals surface area (Å²) in [5.41, 5.74) is 3.54. The van der Waals surface area contributed by atoms with E-state index in [2.05, 4.69) is 17.0 Å². The third-order valence-corrected chi connectivity index (χ3v) is 9.88. The number of aryl methyl sites for hydroxylation is 1. The first kappa shape index (κ1) is 27.8. The first-order chi connectivity index (χ1) is 19.3. The summed E-state index contributed by atoms with van der Waals surface area (Å²) in [6.45, 7) is 4.77. The standard InChI is InChI=1S/C32H40ClNO6/c1-20(17-35)40-25-10-12-38-30(15-25)26-7-4-23(26)16-34-18-32(11-2-3-21-13-24(33)6-8-27(21)32)19-39-29-9-5-22(31(36)37)14-28(29)34/h5-6,8-9,13-14,20,23,25-26,30,35H,2-4,7,10-12,15-19H2,1H3,(H,36,37)/t20?,23-,25-,26+,30+,32?/m0/s1. The van der Waals surface area contributed by atoms with Crippen LogP contribution in [-0.4, -0.2) is 67.4 Å². The van der Waals surface area contributed by atoms with Crippen LogP contribution < -0.4 is 9.64 Å². The third kappa shape index (κ3) is 5.46. The van der Waals surface area contributed by atoms with E-state index in [9.17, 15) is 15.0 Å². The lowest BCUT2D eigenvalue weighted by Gasteiger charge is -2.48.